The van der Waals surface area contributed by atoms with Crippen molar-refractivity contribution in [3.8, 4) is 23.3 Å². The van der Waals surface area contributed by atoms with E-state index < -0.39 is 17.6 Å². The Morgan fingerprint density at radius 2 is 1.91 bits per heavy atom. The summed E-state index contributed by atoms with van der Waals surface area (Å²) in [5, 5.41) is 10.1. The van der Waals surface area contributed by atoms with Crippen LogP contribution in [0.15, 0.2) is 75.7 Å². The predicted molar refractivity (Wildman–Crippen MR) is 181 cm³/mol. The molecule has 0 unspecified atom stereocenters. The molecule has 0 spiro atoms. The standard InChI is InChI=1S/C35H31Cl2N3O6S/c1-6-44-34(42)30-20(4)39-35-40(31(30)21-11-12-27(46-19(2)3)28(14-21)43-5)33(41)29(47-35)15-24-13-25(36)16-26(37)32(24)45-18-23-10-8-7-9-22(23)17-38/h7-16,19,31H,6,18H2,1-5H3/b29-15+/t31-/m0/s1. The average Bonchev–Trinajstić information content (AvgIpc) is 3.33. The van der Waals surface area contributed by atoms with Gasteiger partial charge in [-0.25, -0.2) is 9.79 Å². The number of thiazole rings is 1. The van der Waals surface area contributed by atoms with Crippen LogP contribution in [0.4, 0.5) is 0 Å². The number of methoxy groups -OCH3 is 1. The normalized spacial score (nSPS) is 14.4. The molecule has 3 aromatic carbocycles. The smallest absolute Gasteiger partial charge is 0.338 e. The van der Waals surface area contributed by atoms with Crippen LogP contribution in [0.2, 0.25) is 10.0 Å². The van der Waals surface area contributed by atoms with Crippen LogP contribution in [0, 0.1) is 11.3 Å². The highest BCUT2D eigenvalue weighted by Crippen LogP contribution is 2.37. The molecule has 12 heteroatoms. The van der Waals surface area contributed by atoms with Crippen molar-refractivity contribution in [2.75, 3.05) is 13.7 Å². The number of halogens is 2. The SMILES string of the molecule is CCOC(=O)C1=C(C)N=c2s/c(=C/c3cc(Cl)cc(Cl)c3OCc3ccccc3C#N)c(=O)n2[C@H]1c1ccc(OC(C)C)c(OC)c1. The summed E-state index contributed by atoms with van der Waals surface area (Å²) in [4.78, 5) is 32.6. The van der Waals surface area contributed by atoms with E-state index in [9.17, 15) is 14.9 Å². The van der Waals surface area contributed by atoms with Crippen molar-refractivity contribution in [3.05, 3.63) is 118 Å². The zero-order valence-corrected chi connectivity index (χ0v) is 28.6. The second-order valence-electron chi connectivity index (χ2n) is 10.7. The number of esters is 1. The van der Waals surface area contributed by atoms with E-state index in [1.165, 1.54) is 11.7 Å². The monoisotopic (exact) mass is 691 g/mol. The van der Waals surface area contributed by atoms with Crippen LogP contribution >= 0.6 is 34.5 Å². The molecule has 0 radical (unpaired) electrons. The summed E-state index contributed by atoms with van der Waals surface area (Å²) in [5.74, 6) is 0.689. The number of fused-ring (bicyclic) bond motifs is 1. The summed E-state index contributed by atoms with van der Waals surface area (Å²) in [6.45, 7) is 7.46. The van der Waals surface area contributed by atoms with Crippen LogP contribution in [-0.4, -0.2) is 30.4 Å². The number of benzene rings is 3. The van der Waals surface area contributed by atoms with E-state index in [2.05, 4.69) is 11.1 Å². The topological polar surface area (TPSA) is 112 Å². The number of hydrogen-bond acceptors (Lipinski definition) is 9. The Labute approximate surface area is 285 Å². The van der Waals surface area contributed by atoms with Gasteiger partial charge < -0.3 is 18.9 Å². The third-order valence-corrected chi connectivity index (χ3v) is 8.70. The molecule has 47 heavy (non-hydrogen) atoms. The minimum absolute atomic E-state index is 0.0631. The van der Waals surface area contributed by atoms with Gasteiger partial charge in [-0.2, -0.15) is 5.26 Å². The molecule has 1 aromatic heterocycles. The molecular formula is C35H31Cl2N3O6S. The van der Waals surface area contributed by atoms with Crippen LogP contribution in [0.5, 0.6) is 17.2 Å². The van der Waals surface area contributed by atoms with Crippen molar-refractivity contribution in [1.29, 1.82) is 5.26 Å². The van der Waals surface area contributed by atoms with Gasteiger partial charge in [0.15, 0.2) is 16.3 Å². The van der Waals surface area contributed by atoms with Gasteiger partial charge in [-0.3, -0.25) is 9.36 Å². The fraction of sp³-hybridized carbons (Fsp3) is 0.257. The lowest BCUT2D eigenvalue weighted by Gasteiger charge is -2.25. The molecule has 0 fully saturated rings. The molecular weight excluding hydrogens is 661 g/mol. The summed E-state index contributed by atoms with van der Waals surface area (Å²) in [5.41, 5.74) is 2.47. The summed E-state index contributed by atoms with van der Waals surface area (Å²) in [6, 6.07) is 16.9. The van der Waals surface area contributed by atoms with Gasteiger partial charge in [-0.1, -0.05) is 58.8 Å². The summed E-state index contributed by atoms with van der Waals surface area (Å²) in [6.07, 6.45) is 1.54. The molecule has 0 bridgehead atoms. The van der Waals surface area contributed by atoms with E-state index in [-0.39, 0.29) is 29.9 Å². The Morgan fingerprint density at radius 3 is 2.62 bits per heavy atom. The third kappa shape index (κ3) is 7.08. The van der Waals surface area contributed by atoms with Crippen LogP contribution in [-0.2, 0) is 16.1 Å². The lowest BCUT2D eigenvalue weighted by molar-refractivity contribution is -0.139. The summed E-state index contributed by atoms with van der Waals surface area (Å²) >= 11 is 14.1. The maximum absolute atomic E-state index is 14.3. The van der Waals surface area contributed by atoms with Crippen LogP contribution in [0.3, 0.4) is 0 Å². The molecule has 2 heterocycles. The molecule has 4 aromatic rings. The van der Waals surface area contributed by atoms with Crippen LogP contribution in [0.25, 0.3) is 6.08 Å². The van der Waals surface area contributed by atoms with Crippen LogP contribution in [0.1, 0.15) is 56.0 Å². The average molecular weight is 693 g/mol. The fourth-order valence-corrected chi connectivity index (χ4v) is 6.80. The number of rotatable bonds is 10. The van der Waals surface area contributed by atoms with E-state index in [1.807, 2.05) is 19.9 Å². The van der Waals surface area contributed by atoms with Gasteiger partial charge in [0.25, 0.3) is 5.56 Å². The Balaban J connectivity index is 1.66. The number of carbonyl (C=O) groups is 1. The molecule has 1 aliphatic heterocycles. The number of nitrogens with zero attached hydrogens (tertiary/aromatic N) is 3. The quantitative estimate of drug-likeness (QED) is 0.178. The van der Waals surface area contributed by atoms with Gasteiger partial charge >= 0.3 is 5.97 Å². The minimum atomic E-state index is -0.865. The van der Waals surface area contributed by atoms with Crippen molar-refractivity contribution in [1.82, 2.24) is 4.57 Å². The first kappa shape index (κ1) is 33.8. The van der Waals surface area contributed by atoms with Crippen molar-refractivity contribution >= 4 is 46.6 Å². The Hall–Kier alpha value is -4.56. The number of allylic oxidation sites excluding steroid dienone is 1. The Morgan fingerprint density at radius 1 is 1.15 bits per heavy atom. The highest BCUT2D eigenvalue weighted by molar-refractivity contribution is 7.07. The van der Waals surface area contributed by atoms with Crippen molar-refractivity contribution in [2.45, 2.75) is 46.4 Å². The number of hydrogen-bond donors (Lipinski definition) is 0. The van der Waals surface area contributed by atoms with Crippen molar-refractivity contribution in [3.63, 3.8) is 0 Å². The zero-order valence-electron chi connectivity index (χ0n) is 26.3. The first-order chi connectivity index (χ1) is 22.6. The summed E-state index contributed by atoms with van der Waals surface area (Å²) in [7, 11) is 1.53. The summed E-state index contributed by atoms with van der Waals surface area (Å²) < 4.78 is 24.8. The molecule has 5 rings (SSSR count). The highest BCUT2D eigenvalue weighted by Gasteiger charge is 2.34. The molecule has 0 aliphatic carbocycles. The number of aromatic nitrogens is 1. The second kappa shape index (κ2) is 14.5. The van der Waals surface area contributed by atoms with Gasteiger partial charge in [0.05, 0.1) is 58.3 Å². The van der Waals surface area contributed by atoms with E-state index >= 15 is 0 Å². The number of ether oxygens (including phenoxy) is 4. The van der Waals surface area contributed by atoms with Crippen molar-refractivity contribution < 1.29 is 23.7 Å². The minimum Gasteiger partial charge on any atom is -0.493 e. The fourth-order valence-electron chi connectivity index (χ4n) is 5.20. The molecule has 9 nitrogen and oxygen atoms in total. The Bertz CT molecular complexity index is 2110. The van der Waals surface area contributed by atoms with Gasteiger partial charge in [0.2, 0.25) is 0 Å². The molecule has 0 amide bonds. The van der Waals surface area contributed by atoms with Crippen molar-refractivity contribution in [2.24, 2.45) is 4.99 Å². The molecule has 242 valence electrons. The second-order valence-corrected chi connectivity index (χ2v) is 12.6. The van der Waals surface area contributed by atoms with E-state index in [0.29, 0.717) is 59.6 Å². The maximum atomic E-state index is 14.3. The van der Waals surface area contributed by atoms with E-state index in [0.717, 1.165) is 11.3 Å². The zero-order chi connectivity index (χ0) is 33.8. The van der Waals surface area contributed by atoms with E-state index in [4.69, 9.17) is 42.1 Å². The van der Waals surface area contributed by atoms with E-state index in [1.54, 1.807) is 68.5 Å². The largest absolute Gasteiger partial charge is 0.493 e. The number of nitriles is 1. The van der Waals surface area contributed by atoms with Gasteiger partial charge in [-0.15, -0.1) is 0 Å². The van der Waals surface area contributed by atoms with Gasteiger partial charge in [0.1, 0.15) is 12.4 Å². The lowest BCUT2D eigenvalue weighted by atomic mass is 9.95. The molecule has 0 saturated carbocycles. The van der Waals surface area contributed by atoms with Crippen LogP contribution < -0.4 is 29.1 Å². The lowest BCUT2D eigenvalue weighted by Crippen LogP contribution is -2.40. The molecule has 0 saturated heterocycles. The maximum Gasteiger partial charge on any atom is 0.338 e. The predicted octanol–water partition coefficient (Wildman–Crippen LogP) is 6.35. The Kier molecular flexibility index (Phi) is 10.4. The molecule has 0 N–H and O–H groups in total. The molecule has 1 aliphatic rings. The first-order valence-electron chi connectivity index (χ1n) is 14.7. The van der Waals surface area contributed by atoms with Gasteiger partial charge in [-0.05, 0) is 69.7 Å². The van der Waals surface area contributed by atoms with Gasteiger partial charge in [0, 0.05) is 16.1 Å². The molecule has 1 atom stereocenters. The third-order valence-electron chi connectivity index (χ3n) is 7.22. The number of carbonyl (C=O) groups excluding carboxylic acids is 1. The highest BCUT2D eigenvalue weighted by atomic mass is 35.5. The first-order valence-corrected chi connectivity index (χ1v) is 16.3.